The van der Waals surface area contributed by atoms with E-state index in [1.54, 1.807) is 0 Å². The third-order valence-corrected chi connectivity index (χ3v) is 3.93. The van der Waals surface area contributed by atoms with Gasteiger partial charge in [-0.15, -0.1) is 0 Å². The summed E-state index contributed by atoms with van der Waals surface area (Å²) >= 11 is 0. The maximum atomic E-state index is 13.0. The fourth-order valence-electron chi connectivity index (χ4n) is 2.74. The van der Waals surface area contributed by atoms with Gasteiger partial charge in [-0.2, -0.15) is 0 Å². The highest BCUT2D eigenvalue weighted by Gasteiger charge is 2.33. The molecule has 4 heteroatoms. The lowest BCUT2D eigenvalue weighted by Gasteiger charge is -2.23. The van der Waals surface area contributed by atoms with Gasteiger partial charge in [0.1, 0.15) is 0 Å². The molecule has 1 amide bonds. The zero-order chi connectivity index (χ0) is 14.8. The summed E-state index contributed by atoms with van der Waals surface area (Å²) in [4.78, 5) is 19.5. The topological polar surface area (TPSA) is 59.2 Å². The molecule has 0 saturated heterocycles. The standard InChI is InChI=1S/C17H21N3O/c1-12-11-15(14-5-2-3-6-16(14)19-12)17(21)20(10-4-9-18)13-7-8-13/h2-3,5-6,11,13H,4,7-10,18H2,1H3. The fraction of sp³-hybridized carbons (Fsp3) is 0.412. The van der Waals surface area contributed by atoms with Gasteiger partial charge in [-0.25, -0.2) is 0 Å². The number of rotatable bonds is 5. The van der Waals surface area contributed by atoms with E-state index >= 15 is 0 Å². The fourth-order valence-corrected chi connectivity index (χ4v) is 2.74. The van der Waals surface area contributed by atoms with Crippen molar-refractivity contribution in [2.45, 2.75) is 32.2 Å². The van der Waals surface area contributed by atoms with E-state index < -0.39 is 0 Å². The van der Waals surface area contributed by atoms with Crippen LogP contribution in [0.3, 0.4) is 0 Å². The van der Waals surface area contributed by atoms with Gasteiger partial charge in [-0.05, 0) is 44.9 Å². The molecule has 0 radical (unpaired) electrons. The van der Waals surface area contributed by atoms with Crippen LogP contribution in [0.5, 0.6) is 0 Å². The number of pyridine rings is 1. The molecule has 0 aliphatic heterocycles. The molecule has 3 rings (SSSR count). The average Bonchev–Trinajstić information content (AvgIpc) is 3.31. The van der Waals surface area contributed by atoms with Crippen molar-refractivity contribution in [2.24, 2.45) is 5.73 Å². The van der Waals surface area contributed by atoms with Crippen LogP contribution in [0.15, 0.2) is 30.3 Å². The maximum Gasteiger partial charge on any atom is 0.254 e. The van der Waals surface area contributed by atoms with Gasteiger partial charge in [-0.1, -0.05) is 18.2 Å². The monoisotopic (exact) mass is 283 g/mol. The van der Waals surface area contributed by atoms with Gasteiger partial charge in [0.05, 0.1) is 11.1 Å². The van der Waals surface area contributed by atoms with Crippen LogP contribution in [0.25, 0.3) is 10.9 Å². The summed E-state index contributed by atoms with van der Waals surface area (Å²) in [6.07, 6.45) is 3.07. The summed E-state index contributed by atoms with van der Waals surface area (Å²) in [5, 5.41) is 0.937. The van der Waals surface area contributed by atoms with Crippen LogP contribution < -0.4 is 5.73 Å². The lowest BCUT2D eigenvalue weighted by Crippen LogP contribution is -2.35. The highest BCUT2D eigenvalue weighted by atomic mass is 16.2. The second-order valence-electron chi connectivity index (χ2n) is 5.70. The Balaban J connectivity index is 1.99. The number of carbonyl (C=O) groups is 1. The van der Waals surface area contributed by atoms with Crippen LogP contribution in [0.1, 0.15) is 35.3 Å². The predicted octanol–water partition coefficient (Wildman–Crippen LogP) is 2.50. The lowest BCUT2D eigenvalue weighted by molar-refractivity contribution is 0.0744. The van der Waals surface area contributed by atoms with Crippen LogP contribution in [-0.4, -0.2) is 34.9 Å². The van der Waals surface area contributed by atoms with Crippen LogP contribution in [0, 0.1) is 6.92 Å². The molecule has 1 aliphatic rings. The number of nitrogens with zero attached hydrogens (tertiary/aromatic N) is 2. The quantitative estimate of drug-likeness (QED) is 0.917. The smallest absolute Gasteiger partial charge is 0.254 e. The molecular formula is C17H21N3O. The molecule has 1 saturated carbocycles. The number of benzene rings is 1. The molecule has 1 aliphatic carbocycles. The molecule has 21 heavy (non-hydrogen) atoms. The molecule has 4 nitrogen and oxygen atoms in total. The molecule has 2 aromatic rings. The van der Waals surface area contributed by atoms with Crippen molar-refractivity contribution in [3.05, 3.63) is 41.6 Å². The zero-order valence-corrected chi connectivity index (χ0v) is 12.4. The first-order chi connectivity index (χ1) is 10.2. The number of carbonyl (C=O) groups excluding carboxylic acids is 1. The van der Waals surface area contributed by atoms with Crippen molar-refractivity contribution in [3.63, 3.8) is 0 Å². The van der Waals surface area contributed by atoms with Gasteiger partial charge in [-0.3, -0.25) is 9.78 Å². The maximum absolute atomic E-state index is 13.0. The summed E-state index contributed by atoms with van der Waals surface area (Å²) in [6, 6.07) is 10.1. The highest BCUT2D eigenvalue weighted by molar-refractivity contribution is 6.06. The van der Waals surface area contributed by atoms with Crippen molar-refractivity contribution in [1.82, 2.24) is 9.88 Å². The van der Waals surface area contributed by atoms with Crippen molar-refractivity contribution >= 4 is 16.8 Å². The van der Waals surface area contributed by atoms with E-state index in [1.165, 1.54) is 0 Å². The van der Waals surface area contributed by atoms with E-state index in [1.807, 2.05) is 42.2 Å². The zero-order valence-electron chi connectivity index (χ0n) is 12.4. The molecule has 2 N–H and O–H groups in total. The van der Waals surface area contributed by atoms with Crippen LogP contribution >= 0.6 is 0 Å². The van der Waals surface area contributed by atoms with E-state index in [4.69, 9.17) is 5.73 Å². The summed E-state index contributed by atoms with van der Waals surface area (Å²) in [7, 11) is 0. The third kappa shape index (κ3) is 2.90. The first kappa shape index (κ1) is 14.0. The average molecular weight is 283 g/mol. The van der Waals surface area contributed by atoms with Crippen LogP contribution in [-0.2, 0) is 0 Å². The van der Waals surface area contributed by atoms with Gasteiger partial charge < -0.3 is 10.6 Å². The summed E-state index contributed by atoms with van der Waals surface area (Å²) in [5.41, 5.74) is 8.13. The predicted molar refractivity (Wildman–Crippen MR) is 84.2 cm³/mol. The van der Waals surface area contributed by atoms with Crippen molar-refractivity contribution < 1.29 is 4.79 Å². The Kier molecular flexibility index (Phi) is 3.88. The summed E-state index contributed by atoms with van der Waals surface area (Å²) in [6.45, 7) is 3.30. The Bertz CT molecular complexity index is 664. The molecule has 0 bridgehead atoms. The number of aromatic nitrogens is 1. The Morgan fingerprint density at radius 1 is 1.38 bits per heavy atom. The van der Waals surface area contributed by atoms with E-state index in [9.17, 15) is 4.79 Å². The van der Waals surface area contributed by atoms with E-state index in [0.29, 0.717) is 12.6 Å². The van der Waals surface area contributed by atoms with Gasteiger partial charge >= 0.3 is 0 Å². The minimum Gasteiger partial charge on any atom is -0.336 e. The normalized spacial score (nSPS) is 14.4. The Morgan fingerprint density at radius 2 is 2.14 bits per heavy atom. The number of nitrogens with two attached hydrogens (primary N) is 1. The van der Waals surface area contributed by atoms with Crippen LogP contribution in [0.2, 0.25) is 0 Å². The number of hydrogen-bond acceptors (Lipinski definition) is 3. The molecule has 110 valence electrons. The van der Waals surface area contributed by atoms with E-state index in [2.05, 4.69) is 4.98 Å². The number of aryl methyl sites for hydroxylation is 1. The number of hydrogen-bond donors (Lipinski definition) is 1. The molecule has 1 aromatic heterocycles. The van der Waals surface area contributed by atoms with E-state index in [-0.39, 0.29) is 5.91 Å². The molecule has 1 heterocycles. The van der Waals surface area contributed by atoms with Crippen LogP contribution in [0.4, 0.5) is 0 Å². The first-order valence-corrected chi connectivity index (χ1v) is 7.58. The number of fused-ring (bicyclic) bond motifs is 1. The Hall–Kier alpha value is -1.94. The first-order valence-electron chi connectivity index (χ1n) is 7.58. The molecular weight excluding hydrogens is 262 g/mol. The summed E-state index contributed by atoms with van der Waals surface area (Å²) < 4.78 is 0. The largest absolute Gasteiger partial charge is 0.336 e. The molecule has 1 aromatic carbocycles. The second kappa shape index (κ2) is 5.82. The van der Waals surface area contributed by atoms with Gasteiger partial charge in [0.2, 0.25) is 0 Å². The number of amides is 1. The van der Waals surface area contributed by atoms with Gasteiger partial charge in [0.15, 0.2) is 0 Å². The number of para-hydroxylation sites is 1. The van der Waals surface area contributed by atoms with Crippen molar-refractivity contribution in [3.8, 4) is 0 Å². The van der Waals surface area contributed by atoms with Gasteiger partial charge in [0, 0.05) is 23.7 Å². The minimum atomic E-state index is 0.118. The van der Waals surface area contributed by atoms with Crippen molar-refractivity contribution in [1.29, 1.82) is 0 Å². The molecule has 0 spiro atoms. The molecule has 0 atom stereocenters. The lowest BCUT2D eigenvalue weighted by atomic mass is 10.1. The molecule has 1 fully saturated rings. The van der Waals surface area contributed by atoms with Crippen molar-refractivity contribution in [2.75, 3.05) is 13.1 Å². The highest BCUT2D eigenvalue weighted by Crippen LogP contribution is 2.30. The van der Waals surface area contributed by atoms with E-state index in [0.717, 1.165) is 48.0 Å². The Labute approximate surface area is 125 Å². The summed E-state index contributed by atoms with van der Waals surface area (Å²) in [5.74, 6) is 0.118. The minimum absolute atomic E-state index is 0.118. The Morgan fingerprint density at radius 3 is 2.86 bits per heavy atom. The second-order valence-corrected chi connectivity index (χ2v) is 5.70. The van der Waals surface area contributed by atoms with Gasteiger partial charge in [0.25, 0.3) is 5.91 Å². The SMILES string of the molecule is Cc1cc(C(=O)N(CCCN)C2CC2)c2ccccc2n1. The third-order valence-electron chi connectivity index (χ3n) is 3.93. The molecule has 0 unspecified atom stereocenters.